The summed E-state index contributed by atoms with van der Waals surface area (Å²) in [6.45, 7) is 4.25. The summed E-state index contributed by atoms with van der Waals surface area (Å²) in [6.07, 6.45) is -11.9. The maximum atomic E-state index is 12.7. The third-order valence-corrected chi connectivity index (χ3v) is 5.34. The predicted molar refractivity (Wildman–Crippen MR) is 136 cm³/mol. The van der Waals surface area contributed by atoms with E-state index in [0.29, 0.717) is 18.7 Å². The highest BCUT2D eigenvalue weighted by molar-refractivity contribution is 5.85. The standard InChI is InChI=1S/C22H24F3N3O.2C2HF3O2/c1-14(2)20(28-17-9-7-16(8-10-17)22(23,24)25)21(29)26-12-11-15-13-27-19-6-4-3-5-18(15)19;2*3-2(4,5)1(6)7/h3-10,13-14,20,27-28H,11-12H2,1-2H3,(H,26,29);2*(H,6,7)/t20-;;/m1../s1. The van der Waals surface area contributed by atoms with Crippen molar-refractivity contribution in [2.45, 2.75) is 44.8 Å². The summed E-state index contributed by atoms with van der Waals surface area (Å²) < 4.78 is 102. The van der Waals surface area contributed by atoms with Crippen molar-refractivity contribution in [2.24, 2.45) is 5.92 Å². The zero-order valence-corrected chi connectivity index (χ0v) is 22.3. The Morgan fingerprint density at radius 2 is 1.30 bits per heavy atom. The number of anilines is 1. The zero-order valence-electron chi connectivity index (χ0n) is 22.3. The molecule has 0 fully saturated rings. The molecule has 0 saturated carbocycles. The molecule has 5 N–H and O–H groups in total. The lowest BCUT2D eigenvalue weighted by atomic mass is 10.0. The number of alkyl halides is 9. The number of aromatic amines is 1. The molecular weight excluding hydrogens is 605 g/mol. The molecule has 3 rings (SSSR count). The number of rotatable bonds is 7. The molecular formula is C26H26F9N3O5. The number of fused-ring (bicyclic) bond motifs is 1. The Morgan fingerprint density at radius 3 is 1.74 bits per heavy atom. The lowest BCUT2D eigenvalue weighted by molar-refractivity contribution is -0.193. The largest absolute Gasteiger partial charge is 0.490 e. The van der Waals surface area contributed by atoms with Crippen molar-refractivity contribution in [3.8, 4) is 0 Å². The number of hydrogen-bond donors (Lipinski definition) is 5. The fraction of sp³-hybridized carbons (Fsp3) is 0.346. The van der Waals surface area contributed by atoms with Crippen LogP contribution in [0.5, 0.6) is 0 Å². The van der Waals surface area contributed by atoms with E-state index in [0.717, 1.165) is 28.6 Å². The van der Waals surface area contributed by atoms with Crippen LogP contribution in [0.2, 0.25) is 0 Å². The van der Waals surface area contributed by atoms with E-state index in [4.69, 9.17) is 19.8 Å². The quantitative estimate of drug-likeness (QED) is 0.196. The Kier molecular flexibility index (Phi) is 12.9. The van der Waals surface area contributed by atoms with Crippen molar-refractivity contribution < 1.29 is 64.1 Å². The van der Waals surface area contributed by atoms with Gasteiger partial charge in [0.1, 0.15) is 6.04 Å². The molecule has 0 spiro atoms. The number of halogens is 9. The average Bonchev–Trinajstić information content (AvgIpc) is 3.29. The average molecular weight is 631 g/mol. The number of carboxylic acid groups (broad SMARTS) is 2. The number of aromatic nitrogens is 1. The van der Waals surface area contributed by atoms with Crippen LogP contribution in [0, 0.1) is 5.92 Å². The molecule has 43 heavy (non-hydrogen) atoms. The molecule has 0 radical (unpaired) electrons. The summed E-state index contributed by atoms with van der Waals surface area (Å²) in [6, 6.07) is 12.1. The molecule has 17 heteroatoms. The van der Waals surface area contributed by atoms with Crippen LogP contribution in [-0.4, -0.2) is 58.0 Å². The van der Waals surface area contributed by atoms with Gasteiger partial charge in [-0.2, -0.15) is 39.5 Å². The maximum absolute atomic E-state index is 12.7. The van der Waals surface area contributed by atoms with Gasteiger partial charge >= 0.3 is 30.5 Å². The van der Waals surface area contributed by atoms with Gasteiger partial charge in [0, 0.05) is 29.3 Å². The van der Waals surface area contributed by atoms with E-state index < -0.39 is 42.1 Å². The Hall–Kier alpha value is -4.44. The lowest BCUT2D eigenvalue weighted by Crippen LogP contribution is -2.43. The molecule has 8 nitrogen and oxygen atoms in total. The van der Waals surface area contributed by atoms with Crippen molar-refractivity contribution in [1.29, 1.82) is 0 Å². The Balaban J connectivity index is 0.000000548. The van der Waals surface area contributed by atoms with Crippen LogP contribution in [0.4, 0.5) is 45.2 Å². The molecule has 238 valence electrons. The first-order valence-corrected chi connectivity index (χ1v) is 12.0. The molecule has 1 amide bonds. The molecule has 0 aliphatic rings. The molecule has 0 aliphatic heterocycles. The van der Waals surface area contributed by atoms with Crippen LogP contribution in [-0.2, 0) is 27.0 Å². The minimum atomic E-state index is -5.08. The summed E-state index contributed by atoms with van der Waals surface area (Å²) in [5.74, 6) is -5.73. The van der Waals surface area contributed by atoms with Crippen molar-refractivity contribution >= 4 is 34.4 Å². The van der Waals surface area contributed by atoms with E-state index in [1.165, 1.54) is 12.1 Å². The first kappa shape index (κ1) is 36.6. The van der Waals surface area contributed by atoms with Gasteiger partial charge in [0.2, 0.25) is 5.91 Å². The number of carbonyl (C=O) groups excluding carboxylic acids is 1. The third kappa shape index (κ3) is 12.5. The molecule has 3 aromatic rings. The zero-order chi connectivity index (χ0) is 33.2. The Bertz CT molecular complexity index is 1330. The highest BCUT2D eigenvalue weighted by Crippen LogP contribution is 2.30. The van der Waals surface area contributed by atoms with Crippen LogP contribution < -0.4 is 10.6 Å². The lowest BCUT2D eigenvalue weighted by Gasteiger charge is -2.23. The molecule has 1 aromatic heterocycles. The highest BCUT2D eigenvalue weighted by Gasteiger charge is 2.39. The van der Waals surface area contributed by atoms with E-state index in [2.05, 4.69) is 15.6 Å². The SMILES string of the molecule is CC(C)[C@@H](Nc1ccc(C(F)(F)F)cc1)C(=O)NCCc1c[nH]c2ccccc12.O=C(O)C(F)(F)F.O=C(O)C(F)(F)F. The number of amides is 1. The van der Waals surface area contributed by atoms with Gasteiger partial charge in [0.15, 0.2) is 0 Å². The van der Waals surface area contributed by atoms with E-state index >= 15 is 0 Å². The highest BCUT2D eigenvalue weighted by atomic mass is 19.4. The van der Waals surface area contributed by atoms with Gasteiger partial charge in [0.05, 0.1) is 5.56 Å². The fourth-order valence-electron chi connectivity index (χ4n) is 3.24. The molecule has 1 atom stereocenters. The number of hydrogen-bond acceptors (Lipinski definition) is 4. The number of aliphatic carboxylic acids is 2. The van der Waals surface area contributed by atoms with Crippen LogP contribution in [0.25, 0.3) is 10.9 Å². The summed E-state index contributed by atoms with van der Waals surface area (Å²) >= 11 is 0. The molecule has 1 heterocycles. The molecule has 2 aromatic carbocycles. The summed E-state index contributed by atoms with van der Waals surface area (Å²) in [5, 5.41) is 21.4. The fourth-order valence-corrected chi connectivity index (χ4v) is 3.24. The van der Waals surface area contributed by atoms with Gasteiger partial charge in [-0.25, -0.2) is 9.59 Å². The van der Waals surface area contributed by atoms with Crippen molar-refractivity contribution in [3.05, 3.63) is 65.9 Å². The summed E-state index contributed by atoms with van der Waals surface area (Å²) in [4.78, 5) is 33.6. The first-order chi connectivity index (χ1) is 19.6. The van der Waals surface area contributed by atoms with Gasteiger partial charge in [-0.1, -0.05) is 32.0 Å². The molecule has 0 unspecified atom stereocenters. The summed E-state index contributed by atoms with van der Waals surface area (Å²) in [7, 11) is 0. The monoisotopic (exact) mass is 631 g/mol. The van der Waals surface area contributed by atoms with Gasteiger partial charge < -0.3 is 25.8 Å². The van der Waals surface area contributed by atoms with Crippen LogP contribution in [0.15, 0.2) is 54.7 Å². The van der Waals surface area contributed by atoms with Gasteiger partial charge in [-0.3, -0.25) is 4.79 Å². The van der Waals surface area contributed by atoms with E-state index in [9.17, 15) is 44.3 Å². The number of carboxylic acids is 2. The number of nitrogens with one attached hydrogen (secondary N) is 3. The van der Waals surface area contributed by atoms with Crippen LogP contribution in [0.1, 0.15) is 25.0 Å². The number of H-pyrrole nitrogens is 1. The Morgan fingerprint density at radius 1 is 0.814 bits per heavy atom. The van der Waals surface area contributed by atoms with Crippen molar-refractivity contribution in [2.75, 3.05) is 11.9 Å². The smallest absolute Gasteiger partial charge is 0.475 e. The van der Waals surface area contributed by atoms with E-state index in [1.54, 1.807) is 0 Å². The molecule has 0 aliphatic carbocycles. The summed E-state index contributed by atoms with van der Waals surface area (Å²) in [5.41, 5.74) is 1.94. The first-order valence-electron chi connectivity index (χ1n) is 12.0. The van der Waals surface area contributed by atoms with E-state index in [-0.39, 0.29) is 11.8 Å². The predicted octanol–water partition coefficient (Wildman–Crippen LogP) is 6.25. The number of para-hydroxylation sites is 1. The second kappa shape index (κ2) is 15.2. The van der Waals surface area contributed by atoms with Gasteiger partial charge in [0.25, 0.3) is 0 Å². The normalized spacial score (nSPS) is 12.4. The molecule has 0 saturated heterocycles. The van der Waals surface area contributed by atoms with Crippen molar-refractivity contribution in [3.63, 3.8) is 0 Å². The van der Waals surface area contributed by atoms with Gasteiger partial charge in [-0.15, -0.1) is 0 Å². The number of carbonyl (C=O) groups is 3. The third-order valence-electron chi connectivity index (χ3n) is 5.34. The van der Waals surface area contributed by atoms with Crippen LogP contribution in [0.3, 0.4) is 0 Å². The van der Waals surface area contributed by atoms with E-state index in [1.807, 2.05) is 44.3 Å². The maximum Gasteiger partial charge on any atom is 0.490 e. The van der Waals surface area contributed by atoms with Gasteiger partial charge in [-0.05, 0) is 48.2 Å². The minimum absolute atomic E-state index is 0.0367. The second-order valence-corrected chi connectivity index (χ2v) is 8.95. The molecule has 0 bridgehead atoms. The van der Waals surface area contributed by atoms with Crippen LogP contribution >= 0.6 is 0 Å². The number of benzene rings is 2. The Labute approximate surface area is 237 Å². The van der Waals surface area contributed by atoms with Crippen molar-refractivity contribution in [1.82, 2.24) is 10.3 Å². The second-order valence-electron chi connectivity index (χ2n) is 8.95. The topological polar surface area (TPSA) is 132 Å². The minimum Gasteiger partial charge on any atom is -0.475 e.